The van der Waals surface area contributed by atoms with Crippen LogP contribution in [0.3, 0.4) is 0 Å². The highest BCUT2D eigenvalue weighted by atomic mass is 127. The predicted octanol–water partition coefficient (Wildman–Crippen LogP) is 0.348. The molecular weight excluding hydrogens is 189 g/mol. The summed E-state index contributed by atoms with van der Waals surface area (Å²) in [7, 11) is 0. The third kappa shape index (κ3) is 4.57. The quantitative estimate of drug-likeness (QED) is 0.463. The summed E-state index contributed by atoms with van der Waals surface area (Å²) in [6, 6.07) is 0. The van der Waals surface area contributed by atoms with Gasteiger partial charge in [-0.3, -0.25) is 10.4 Å². The van der Waals surface area contributed by atoms with Crippen LogP contribution in [0.5, 0.6) is 0 Å². The number of hydrogen-bond donors (Lipinski definition) is 2. The largest absolute Gasteiger partial charge is 0.265 e. The van der Waals surface area contributed by atoms with Gasteiger partial charge in [-0.05, 0) is 0 Å². The van der Waals surface area contributed by atoms with Gasteiger partial charge in [-0.15, -0.1) is 0 Å². The summed E-state index contributed by atoms with van der Waals surface area (Å²) in [5.74, 6) is 0. The zero-order valence-electron chi connectivity index (χ0n) is 2.13. The van der Waals surface area contributed by atoms with Crippen LogP contribution in [0.15, 0.2) is 0 Å². The van der Waals surface area contributed by atoms with Gasteiger partial charge in [-0.1, -0.05) is 0 Å². The first-order chi connectivity index (χ1) is 2.27. The molecule has 4 nitrogen and oxygen atoms in total. The van der Waals surface area contributed by atoms with Crippen molar-refractivity contribution in [1.82, 2.24) is 5.39 Å². The zero-order chi connectivity index (χ0) is 4.28. The van der Waals surface area contributed by atoms with Gasteiger partial charge < -0.3 is 0 Å². The summed E-state index contributed by atoms with van der Waals surface area (Å²) in [5.41, 5.74) is 0. The lowest BCUT2D eigenvalue weighted by atomic mass is 13.0. The molecule has 0 saturated carbocycles. The van der Waals surface area contributed by atoms with Crippen LogP contribution in [0.1, 0.15) is 0 Å². The minimum Gasteiger partial charge on any atom is -0.265 e. The molecule has 0 aromatic rings. The molecule has 0 aromatic carbocycles. The molecule has 0 unspecified atom stereocenters. The second-order valence-corrected chi connectivity index (χ2v) is 0.716. The number of nitrogens with zero attached hydrogens (tertiary/aromatic N) is 1. The van der Waals surface area contributed by atoms with Crippen LogP contribution in [-0.2, 0) is 3.17 Å². The van der Waals surface area contributed by atoms with E-state index in [1.807, 2.05) is 0 Å². The molecule has 0 aliphatic rings. The first kappa shape index (κ1) is 5.57. The van der Waals surface area contributed by atoms with Gasteiger partial charge in [0.1, 0.15) is 23.0 Å². The molecule has 0 saturated heterocycles. The monoisotopic (exact) mass is 191 g/mol. The molecule has 0 heterocycles. The zero-order valence-corrected chi connectivity index (χ0v) is 4.29. The lowest BCUT2D eigenvalue weighted by molar-refractivity contribution is -0.435. The van der Waals surface area contributed by atoms with E-state index < -0.39 is 0 Å². The van der Waals surface area contributed by atoms with Gasteiger partial charge >= 0.3 is 0 Å². The summed E-state index contributed by atoms with van der Waals surface area (Å²) in [5, 5.41) is 14.7. The molecule has 5 heavy (non-hydrogen) atoms. The molecule has 2 N–H and O–H groups in total. The Kier molecular flexibility index (Phi) is 3.11. The fourth-order valence-electron chi connectivity index (χ4n) is 0. The lowest BCUT2D eigenvalue weighted by Gasteiger charge is -1.92. The molecule has 0 atom stereocenters. The van der Waals surface area contributed by atoms with Crippen molar-refractivity contribution < 1.29 is 13.6 Å². The summed E-state index contributed by atoms with van der Waals surface area (Å²) in [6.45, 7) is 0. The molecule has 0 amide bonds. The average molecular weight is 191 g/mol. The summed E-state index contributed by atoms with van der Waals surface area (Å²) in [6.07, 6.45) is 0. The second-order valence-electron chi connectivity index (χ2n) is 0.322. The molecule has 0 aromatic heterocycles. The van der Waals surface area contributed by atoms with Crippen LogP contribution in [0.25, 0.3) is 0 Å². The van der Waals surface area contributed by atoms with Crippen molar-refractivity contribution in [3.05, 3.63) is 0 Å². The van der Waals surface area contributed by atoms with E-state index in [1.54, 1.807) is 0 Å². The molecule has 0 aliphatic heterocycles. The Balaban J connectivity index is 2.54. The van der Waals surface area contributed by atoms with E-state index in [-0.39, 0.29) is 5.39 Å². The van der Waals surface area contributed by atoms with Crippen LogP contribution in [-0.4, -0.2) is 15.8 Å². The fourth-order valence-corrected chi connectivity index (χ4v) is 0. The van der Waals surface area contributed by atoms with Crippen LogP contribution < -0.4 is 0 Å². The van der Waals surface area contributed by atoms with Crippen molar-refractivity contribution >= 4 is 23.0 Å². The minimum atomic E-state index is -0.388. The topological polar surface area (TPSA) is 52.9 Å². The van der Waals surface area contributed by atoms with E-state index in [1.165, 1.54) is 23.0 Å². The smallest absolute Gasteiger partial charge is 0.143 e. The maximum absolute atomic E-state index is 7.52. The Hall–Kier alpha value is 0.570. The maximum Gasteiger partial charge on any atom is 0.143 e. The molecule has 0 aliphatic carbocycles. The molecule has 5 heteroatoms. The Morgan fingerprint density at radius 2 is 1.80 bits per heavy atom. The van der Waals surface area contributed by atoms with Crippen LogP contribution in [0.4, 0.5) is 0 Å². The third-order valence-corrected chi connectivity index (χ3v) is 0.414. The van der Waals surface area contributed by atoms with Gasteiger partial charge in [0.05, 0.1) is 5.39 Å². The lowest BCUT2D eigenvalue weighted by Crippen LogP contribution is -2.06. The standard InChI is InChI=1S/H2INO3/c1-5-2(3)4/h3-4H. The van der Waals surface area contributed by atoms with Crippen molar-refractivity contribution in [2.24, 2.45) is 0 Å². The fraction of sp³-hybridized carbons (Fsp3) is 0. The van der Waals surface area contributed by atoms with Crippen molar-refractivity contribution in [2.75, 3.05) is 0 Å². The third-order valence-electron chi connectivity index (χ3n) is 0.0617. The molecule has 0 radical (unpaired) electrons. The average Bonchev–Trinajstić information content (AvgIpc) is 1.38. The summed E-state index contributed by atoms with van der Waals surface area (Å²) in [4.78, 5) is 0. The van der Waals surface area contributed by atoms with Gasteiger partial charge in [0.15, 0.2) is 0 Å². The number of hydrogen-bond acceptors (Lipinski definition) is 4. The van der Waals surface area contributed by atoms with Crippen molar-refractivity contribution in [3.8, 4) is 0 Å². The maximum atomic E-state index is 7.52. The molecule has 0 bridgehead atoms. The van der Waals surface area contributed by atoms with E-state index in [9.17, 15) is 0 Å². The molecule has 0 fully saturated rings. The molecule has 32 valence electrons. The SMILES string of the molecule is ON(O)OI. The van der Waals surface area contributed by atoms with Crippen molar-refractivity contribution in [3.63, 3.8) is 0 Å². The Morgan fingerprint density at radius 1 is 1.60 bits per heavy atom. The predicted molar refractivity (Wildman–Crippen MR) is 20.5 cm³/mol. The molecule has 0 spiro atoms. The van der Waals surface area contributed by atoms with Crippen molar-refractivity contribution in [1.29, 1.82) is 0 Å². The van der Waals surface area contributed by atoms with E-state index in [4.69, 9.17) is 10.4 Å². The van der Waals surface area contributed by atoms with Gasteiger partial charge in [0, 0.05) is 0 Å². The molecule has 0 rings (SSSR count). The highest BCUT2D eigenvalue weighted by Gasteiger charge is 1.79. The first-order valence-corrected chi connectivity index (χ1v) is 1.62. The first-order valence-electron chi connectivity index (χ1n) is 0.737. The van der Waals surface area contributed by atoms with E-state index in [0.717, 1.165) is 0 Å². The molecular formula is H2INO3. The number of rotatable bonds is 1. The second kappa shape index (κ2) is 2.79. The summed E-state index contributed by atoms with van der Waals surface area (Å²) < 4.78 is 3.66. The van der Waals surface area contributed by atoms with Gasteiger partial charge in [0.2, 0.25) is 0 Å². The van der Waals surface area contributed by atoms with E-state index in [2.05, 4.69) is 3.17 Å². The minimum absolute atomic E-state index is 0.388. The van der Waals surface area contributed by atoms with Gasteiger partial charge in [0.25, 0.3) is 0 Å². The Labute approximate surface area is 42.5 Å². The van der Waals surface area contributed by atoms with E-state index in [0.29, 0.717) is 0 Å². The highest BCUT2D eigenvalue weighted by molar-refractivity contribution is 14.1. The van der Waals surface area contributed by atoms with Gasteiger partial charge in [-0.25, -0.2) is 0 Å². The van der Waals surface area contributed by atoms with Crippen LogP contribution >= 0.6 is 23.0 Å². The Bertz CT molecular complexity index is 20.9. The Morgan fingerprint density at radius 3 is 1.80 bits per heavy atom. The highest BCUT2D eigenvalue weighted by Crippen LogP contribution is 1.83. The number of halogens is 1. The van der Waals surface area contributed by atoms with E-state index >= 15 is 0 Å². The van der Waals surface area contributed by atoms with Crippen LogP contribution in [0.2, 0.25) is 0 Å². The van der Waals surface area contributed by atoms with Crippen molar-refractivity contribution in [2.45, 2.75) is 0 Å². The summed E-state index contributed by atoms with van der Waals surface area (Å²) >= 11 is 1.30. The normalized spacial score (nSPS) is 9.60. The van der Waals surface area contributed by atoms with Crippen LogP contribution in [0, 0.1) is 0 Å². The van der Waals surface area contributed by atoms with Gasteiger partial charge in [-0.2, -0.15) is 3.17 Å².